The van der Waals surface area contributed by atoms with Gasteiger partial charge in [-0.15, -0.1) is 0 Å². The second-order valence-electron chi connectivity index (χ2n) is 6.68. The van der Waals surface area contributed by atoms with Crippen LogP contribution in [0.25, 0.3) is 11.1 Å². The van der Waals surface area contributed by atoms with Crippen LogP contribution in [0.2, 0.25) is 0 Å². The quantitative estimate of drug-likeness (QED) is 0.666. The summed E-state index contributed by atoms with van der Waals surface area (Å²) >= 11 is 0. The summed E-state index contributed by atoms with van der Waals surface area (Å²) in [4.78, 5) is 18.4. The monoisotopic (exact) mass is 396 g/mol. The highest BCUT2D eigenvalue weighted by atomic mass is 19.1. The fourth-order valence-electron chi connectivity index (χ4n) is 3.31. The van der Waals surface area contributed by atoms with Gasteiger partial charge in [0.05, 0.1) is 25.9 Å². The van der Waals surface area contributed by atoms with Crippen molar-refractivity contribution in [1.29, 1.82) is 0 Å². The molecule has 1 aliphatic heterocycles. The van der Waals surface area contributed by atoms with Crippen molar-refractivity contribution in [3.8, 4) is 17.0 Å². The average molecular weight is 396 g/mol. The van der Waals surface area contributed by atoms with E-state index in [1.807, 2.05) is 24.3 Å². The van der Waals surface area contributed by atoms with Crippen molar-refractivity contribution in [2.75, 3.05) is 18.6 Å². The number of halogens is 2. The molecule has 5 nitrogen and oxygen atoms in total. The smallest absolute Gasteiger partial charge is 0.253 e. The van der Waals surface area contributed by atoms with Crippen LogP contribution in [0.3, 0.4) is 0 Å². The van der Waals surface area contributed by atoms with Crippen molar-refractivity contribution in [2.45, 2.75) is 13.2 Å². The van der Waals surface area contributed by atoms with E-state index in [1.165, 1.54) is 17.0 Å². The Morgan fingerprint density at radius 3 is 2.48 bits per heavy atom. The third-order valence-electron chi connectivity index (χ3n) is 4.70. The molecule has 2 aromatic carbocycles. The second-order valence-corrected chi connectivity index (χ2v) is 6.68. The molecule has 0 bridgehead atoms. The number of anilines is 1. The maximum atomic E-state index is 13.6. The van der Waals surface area contributed by atoms with Crippen LogP contribution in [0, 0.1) is 11.6 Å². The minimum Gasteiger partial charge on any atom is -0.481 e. The fraction of sp³-hybridized carbons (Fsp3) is 0.182. The zero-order chi connectivity index (χ0) is 20.4. The molecule has 0 spiro atoms. The van der Waals surface area contributed by atoms with Crippen LogP contribution in [-0.2, 0) is 22.7 Å². The summed E-state index contributed by atoms with van der Waals surface area (Å²) in [6, 6.07) is 12.5. The van der Waals surface area contributed by atoms with Crippen LogP contribution >= 0.6 is 0 Å². The molecule has 0 saturated heterocycles. The lowest BCUT2D eigenvalue weighted by Crippen LogP contribution is -2.32. The number of pyridine rings is 1. The molecule has 1 aromatic heterocycles. The van der Waals surface area contributed by atoms with Crippen molar-refractivity contribution in [1.82, 2.24) is 4.98 Å². The Morgan fingerprint density at radius 2 is 1.79 bits per heavy atom. The Kier molecular flexibility index (Phi) is 5.22. The topological polar surface area (TPSA) is 51.7 Å². The molecular weight excluding hydrogens is 378 g/mol. The maximum Gasteiger partial charge on any atom is 0.253 e. The highest BCUT2D eigenvalue weighted by Gasteiger charge is 2.24. The molecule has 29 heavy (non-hydrogen) atoms. The van der Waals surface area contributed by atoms with Gasteiger partial charge in [0.15, 0.2) is 0 Å². The molecule has 0 N–H and O–H groups in total. The van der Waals surface area contributed by atoms with Crippen LogP contribution in [0.4, 0.5) is 14.5 Å². The van der Waals surface area contributed by atoms with Gasteiger partial charge in [-0.25, -0.2) is 13.8 Å². The van der Waals surface area contributed by atoms with E-state index in [4.69, 9.17) is 9.47 Å². The molecule has 0 radical (unpaired) electrons. The Hall–Kier alpha value is -3.32. The fourth-order valence-corrected chi connectivity index (χ4v) is 3.31. The number of methoxy groups -OCH3 is 1. The minimum atomic E-state index is -0.684. The van der Waals surface area contributed by atoms with Crippen molar-refractivity contribution in [3.63, 3.8) is 0 Å². The molecule has 148 valence electrons. The first-order valence-electron chi connectivity index (χ1n) is 9.00. The number of nitrogens with zero attached hydrogens (tertiary/aromatic N) is 2. The van der Waals surface area contributed by atoms with Crippen LogP contribution in [0.1, 0.15) is 11.1 Å². The number of benzene rings is 2. The summed E-state index contributed by atoms with van der Waals surface area (Å²) in [6.45, 7) is 0.205. The molecule has 0 aliphatic carbocycles. The minimum absolute atomic E-state index is 0.0359. The van der Waals surface area contributed by atoms with E-state index in [0.29, 0.717) is 17.1 Å². The zero-order valence-electron chi connectivity index (χ0n) is 15.7. The summed E-state index contributed by atoms with van der Waals surface area (Å²) in [5.74, 6) is -1.14. The van der Waals surface area contributed by atoms with Crippen molar-refractivity contribution >= 4 is 11.6 Å². The van der Waals surface area contributed by atoms with Gasteiger partial charge >= 0.3 is 0 Å². The van der Waals surface area contributed by atoms with E-state index in [-0.39, 0.29) is 25.7 Å². The number of hydrogen-bond acceptors (Lipinski definition) is 4. The van der Waals surface area contributed by atoms with Crippen molar-refractivity contribution < 1.29 is 23.0 Å². The predicted octanol–water partition coefficient (Wildman–Crippen LogP) is 4.10. The lowest BCUT2D eigenvalue weighted by molar-refractivity contribution is -0.123. The Bertz CT molecular complexity index is 1030. The molecule has 7 heteroatoms. The number of carbonyl (C=O) groups is 1. The van der Waals surface area contributed by atoms with Crippen LogP contribution < -0.4 is 9.64 Å². The lowest BCUT2D eigenvalue weighted by atomic mass is 10.0. The third-order valence-corrected chi connectivity index (χ3v) is 4.70. The Labute approximate surface area is 166 Å². The van der Waals surface area contributed by atoms with Gasteiger partial charge in [0, 0.05) is 29.5 Å². The molecule has 0 unspecified atom stereocenters. The molecule has 4 rings (SSSR count). The van der Waals surface area contributed by atoms with Gasteiger partial charge in [-0.1, -0.05) is 12.1 Å². The third kappa shape index (κ3) is 4.09. The number of fused-ring (bicyclic) bond motifs is 1. The van der Waals surface area contributed by atoms with Gasteiger partial charge in [0.2, 0.25) is 5.88 Å². The van der Waals surface area contributed by atoms with Gasteiger partial charge < -0.3 is 14.4 Å². The number of ether oxygens (including phenoxy) is 2. The molecular formula is C22H18F2N2O3. The molecule has 0 saturated carbocycles. The molecule has 1 aliphatic rings. The van der Waals surface area contributed by atoms with Crippen molar-refractivity contribution in [2.24, 2.45) is 0 Å². The second kappa shape index (κ2) is 7.97. The first-order chi connectivity index (χ1) is 14.0. The van der Waals surface area contributed by atoms with E-state index in [9.17, 15) is 13.6 Å². The number of rotatable bonds is 4. The molecule has 2 heterocycles. The molecule has 0 atom stereocenters. The predicted molar refractivity (Wildman–Crippen MR) is 103 cm³/mol. The van der Waals surface area contributed by atoms with Crippen LogP contribution in [0.15, 0.2) is 54.7 Å². The first kappa shape index (κ1) is 19.0. The lowest BCUT2D eigenvalue weighted by Gasteiger charge is -2.23. The number of hydrogen-bond donors (Lipinski definition) is 0. The normalized spacial score (nSPS) is 13.8. The van der Waals surface area contributed by atoms with Gasteiger partial charge in [-0.2, -0.15) is 0 Å². The first-order valence-corrected chi connectivity index (χ1v) is 9.00. The SMILES string of the molecule is COc1ccc(-c2ccc3c(c2)N(Cc2cc(F)cc(F)c2)C(=O)COC3)cn1. The van der Waals surface area contributed by atoms with E-state index in [0.717, 1.165) is 22.8 Å². The highest BCUT2D eigenvalue weighted by molar-refractivity contribution is 5.96. The molecule has 1 amide bonds. The van der Waals surface area contributed by atoms with Crippen LogP contribution in [0.5, 0.6) is 5.88 Å². The summed E-state index contributed by atoms with van der Waals surface area (Å²) in [5, 5.41) is 0. The Morgan fingerprint density at radius 1 is 1.03 bits per heavy atom. The summed E-state index contributed by atoms with van der Waals surface area (Å²) < 4.78 is 37.8. The van der Waals surface area contributed by atoms with Gasteiger partial charge in [0.25, 0.3) is 5.91 Å². The van der Waals surface area contributed by atoms with E-state index in [1.54, 1.807) is 19.4 Å². The number of aromatic nitrogens is 1. The highest BCUT2D eigenvalue weighted by Crippen LogP contribution is 2.32. The Balaban J connectivity index is 1.73. The van der Waals surface area contributed by atoms with Crippen LogP contribution in [-0.4, -0.2) is 24.6 Å². The van der Waals surface area contributed by atoms with E-state index >= 15 is 0 Å². The number of amides is 1. The molecule has 0 fully saturated rings. The molecule has 3 aromatic rings. The average Bonchev–Trinajstić information content (AvgIpc) is 2.86. The zero-order valence-corrected chi connectivity index (χ0v) is 15.7. The van der Waals surface area contributed by atoms with E-state index < -0.39 is 11.6 Å². The van der Waals surface area contributed by atoms with Crippen molar-refractivity contribution in [3.05, 3.63) is 77.5 Å². The van der Waals surface area contributed by atoms with Gasteiger partial charge in [0.1, 0.15) is 18.2 Å². The largest absolute Gasteiger partial charge is 0.481 e. The summed E-state index contributed by atoms with van der Waals surface area (Å²) in [5.41, 5.74) is 3.52. The summed E-state index contributed by atoms with van der Waals surface area (Å²) in [7, 11) is 1.54. The van der Waals surface area contributed by atoms with E-state index in [2.05, 4.69) is 4.98 Å². The van der Waals surface area contributed by atoms with Gasteiger partial charge in [-0.05, 0) is 35.4 Å². The standard InChI is InChI=1S/C22H18F2N2O3/c1-28-21-5-4-16(10-25-21)15-2-3-17-12-29-13-22(27)26(20(17)8-15)11-14-6-18(23)9-19(24)7-14/h2-10H,11-13H2,1H3. The number of carbonyl (C=O) groups excluding carboxylic acids is 1. The maximum absolute atomic E-state index is 13.6. The summed E-state index contributed by atoms with van der Waals surface area (Å²) in [6.07, 6.45) is 1.68. The van der Waals surface area contributed by atoms with Gasteiger partial charge in [-0.3, -0.25) is 4.79 Å².